The second-order valence-electron chi connectivity index (χ2n) is 5.67. The first kappa shape index (κ1) is 15.5. The lowest BCUT2D eigenvalue weighted by molar-refractivity contribution is 0.160. The summed E-state index contributed by atoms with van der Waals surface area (Å²) in [6.07, 6.45) is 6.62. The van der Waals surface area contributed by atoms with E-state index in [2.05, 4.69) is 32.9 Å². The van der Waals surface area contributed by atoms with Crippen LogP contribution in [-0.2, 0) is 11.3 Å². The number of aryl methyl sites for hydroxylation is 1. The Labute approximate surface area is 122 Å². The standard InChI is InChI=1S/C15H28N4O/c1-14-17-5-8-19(14)10-9-18-7-3-4-15(13-18)12-16-6-11-20-2/h5,8,15-16H,3-4,6-7,9-13H2,1-2H3. The Morgan fingerprint density at radius 1 is 1.45 bits per heavy atom. The van der Waals surface area contributed by atoms with Crippen LogP contribution in [0.3, 0.4) is 0 Å². The van der Waals surface area contributed by atoms with Crippen LogP contribution in [0.25, 0.3) is 0 Å². The van der Waals surface area contributed by atoms with Gasteiger partial charge in [-0.3, -0.25) is 0 Å². The highest BCUT2D eigenvalue weighted by Crippen LogP contribution is 2.15. The normalized spacial score (nSPS) is 20.4. The second kappa shape index (κ2) is 8.39. The molecule has 1 saturated heterocycles. The number of nitrogens with one attached hydrogen (secondary N) is 1. The topological polar surface area (TPSA) is 42.3 Å². The van der Waals surface area contributed by atoms with Gasteiger partial charge in [-0.05, 0) is 38.8 Å². The minimum absolute atomic E-state index is 0.782. The first-order valence-electron chi connectivity index (χ1n) is 7.69. The summed E-state index contributed by atoms with van der Waals surface area (Å²) in [6, 6.07) is 0. The quantitative estimate of drug-likeness (QED) is 0.725. The Bertz CT molecular complexity index is 380. The highest BCUT2D eigenvalue weighted by molar-refractivity contribution is 4.88. The molecule has 0 aromatic carbocycles. The lowest BCUT2D eigenvalue weighted by Gasteiger charge is -2.33. The van der Waals surface area contributed by atoms with Gasteiger partial charge >= 0.3 is 0 Å². The molecule has 0 radical (unpaired) electrons. The SMILES string of the molecule is COCCNCC1CCCN(CCn2ccnc2C)C1. The molecule has 5 heteroatoms. The summed E-state index contributed by atoms with van der Waals surface area (Å²) in [5, 5.41) is 3.49. The summed E-state index contributed by atoms with van der Waals surface area (Å²) in [4.78, 5) is 6.86. The fraction of sp³-hybridized carbons (Fsp3) is 0.800. The van der Waals surface area contributed by atoms with E-state index in [-0.39, 0.29) is 0 Å². The third-order valence-corrected chi connectivity index (χ3v) is 4.10. The molecular formula is C15H28N4O. The summed E-state index contributed by atoms with van der Waals surface area (Å²) < 4.78 is 7.30. The zero-order chi connectivity index (χ0) is 14.2. The lowest BCUT2D eigenvalue weighted by Crippen LogP contribution is -2.41. The van der Waals surface area contributed by atoms with Crippen LogP contribution in [0.4, 0.5) is 0 Å². The number of hydrogen-bond acceptors (Lipinski definition) is 4. The Morgan fingerprint density at radius 2 is 2.35 bits per heavy atom. The molecule has 1 atom stereocenters. The average Bonchev–Trinajstić information content (AvgIpc) is 2.87. The molecule has 1 aromatic rings. The minimum atomic E-state index is 0.782. The fourth-order valence-electron chi connectivity index (χ4n) is 2.89. The summed E-state index contributed by atoms with van der Waals surface area (Å²) in [7, 11) is 1.75. The molecule has 0 saturated carbocycles. The number of rotatable bonds is 8. The molecule has 1 aromatic heterocycles. The van der Waals surface area contributed by atoms with Crippen molar-refractivity contribution in [1.29, 1.82) is 0 Å². The van der Waals surface area contributed by atoms with Crippen molar-refractivity contribution in [2.75, 3.05) is 46.4 Å². The van der Waals surface area contributed by atoms with Crippen molar-refractivity contribution >= 4 is 0 Å². The molecule has 2 rings (SSSR count). The molecule has 114 valence electrons. The summed E-state index contributed by atoms with van der Waals surface area (Å²) in [6.45, 7) is 9.58. The van der Waals surface area contributed by atoms with Crippen molar-refractivity contribution in [2.45, 2.75) is 26.3 Å². The Balaban J connectivity index is 1.66. The van der Waals surface area contributed by atoms with Gasteiger partial charge in [-0.2, -0.15) is 0 Å². The van der Waals surface area contributed by atoms with Crippen molar-refractivity contribution in [2.24, 2.45) is 5.92 Å². The number of imidazole rings is 1. The van der Waals surface area contributed by atoms with Gasteiger partial charge in [0, 0.05) is 45.7 Å². The molecular weight excluding hydrogens is 252 g/mol. The number of aromatic nitrogens is 2. The van der Waals surface area contributed by atoms with Gasteiger partial charge in [-0.1, -0.05) is 0 Å². The second-order valence-corrected chi connectivity index (χ2v) is 5.67. The average molecular weight is 280 g/mol. The third kappa shape index (κ3) is 4.89. The van der Waals surface area contributed by atoms with E-state index in [0.717, 1.165) is 44.5 Å². The lowest BCUT2D eigenvalue weighted by atomic mass is 9.98. The van der Waals surface area contributed by atoms with E-state index in [1.807, 2.05) is 6.20 Å². The Kier molecular flexibility index (Phi) is 6.50. The van der Waals surface area contributed by atoms with Gasteiger partial charge in [0.2, 0.25) is 0 Å². The fourth-order valence-corrected chi connectivity index (χ4v) is 2.89. The first-order valence-corrected chi connectivity index (χ1v) is 7.69. The van der Waals surface area contributed by atoms with Crippen molar-refractivity contribution < 1.29 is 4.74 Å². The predicted octanol–water partition coefficient (Wildman–Crippen LogP) is 1.14. The summed E-state index contributed by atoms with van der Waals surface area (Å²) in [5.74, 6) is 1.89. The van der Waals surface area contributed by atoms with Gasteiger partial charge in [-0.15, -0.1) is 0 Å². The number of nitrogens with zero attached hydrogens (tertiary/aromatic N) is 3. The van der Waals surface area contributed by atoms with Crippen LogP contribution >= 0.6 is 0 Å². The molecule has 5 nitrogen and oxygen atoms in total. The molecule has 20 heavy (non-hydrogen) atoms. The van der Waals surface area contributed by atoms with E-state index < -0.39 is 0 Å². The third-order valence-electron chi connectivity index (χ3n) is 4.10. The van der Waals surface area contributed by atoms with Gasteiger partial charge in [0.25, 0.3) is 0 Å². The number of piperidine rings is 1. The predicted molar refractivity (Wildman–Crippen MR) is 80.9 cm³/mol. The Hall–Kier alpha value is -0.910. The van der Waals surface area contributed by atoms with Crippen LogP contribution in [-0.4, -0.2) is 60.9 Å². The maximum Gasteiger partial charge on any atom is 0.105 e. The molecule has 1 fully saturated rings. The van der Waals surface area contributed by atoms with Crippen molar-refractivity contribution in [3.8, 4) is 0 Å². The molecule has 0 aliphatic carbocycles. The van der Waals surface area contributed by atoms with Crippen molar-refractivity contribution in [3.63, 3.8) is 0 Å². The molecule has 0 spiro atoms. The minimum Gasteiger partial charge on any atom is -0.383 e. The largest absolute Gasteiger partial charge is 0.383 e. The number of ether oxygens (including phenoxy) is 1. The van der Waals surface area contributed by atoms with Gasteiger partial charge < -0.3 is 19.5 Å². The number of methoxy groups -OCH3 is 1. The van der Waals surface area contributed by atoms with E-state index in [1.54, 1.807) is 7.11 Å². The molecule has 1 aliphatic rings. The number of likely N-dealkylation sites (tertiary alicyclic amines) is 1. The van der Waals surface area contributed by atoms with Crippen molar-refractivity contribution in [3.05, 3.63) is 18.2 Å². The highest BCUT2D eigenvalue weighted by Gasteiger charge is 2.19. The smallest absolute Gasteiger partial charge is 0.105 e. The van der Waals surface area contributed by atoms with E-state index >= 15 is 0 Å². The van der Waals surface area contributed by atoms with Crippen LogP contribution in [0.5, 0.6) is 0 Å². The first-order chi connectivity index (χ1) is 9.79. The summed E-state index contributed by atoms with van der Waals surface area (Å²) >= 11 is 0. The van der Waals surface area contributed by atoms with Crippen LogP contribution in [0.2, 0.25) is 0 Å². The van der Waals surface area contributed by atoms with Crippen molar-refractivity contribution in [1.82, 2.24) is 19.8 Å². The van der Waals surface area contributed by atoms with Gasteiger partial charge in [0.15, 0.2) is 0 Å². The van der Waals surface area contributed by atoms with E-state index in [1.165, 1.54) is 25.9 Å². The molecule has 2 heterocycles. The zero-order valence-corrected chi connectivity index (χ0v) is 12.8. The van der Waals surface area contributed by atoms with Gasteiger partial charge in [0.1, 0.15) is 5.82 Å². The van der Waals surface area contributed by atoms with Crippen LogP contribution in [0.15, 0.2) is 12.4 Å². The molecule has 1 N–H and O–H groups in total. The van der Waals surface area contributed by atoms with Crippen LogP contribution in [0.1, 0.15) is 18.7 Å². The Morgan fingerprint density at radius 3 is 3.10 bits per heavy atom. The van der Waals surface area contributed by atoms with E-state index in [4.69, 9.17) is 4.74 Å². The molecule has 0 amide bonds. The summed E-state index contributed by atoms with van der Waals surface area (Å²) in [5.41, 5.74) is 0. The zero-order valence-electron chi connectivity index (χ0n) is 12.8. The van der Waals surface area contributed by atoms with E-state index in [9.17, 15) is 0 Å². The maximum atomic E-state index is 5.06. The van der Waals surface area contributed by atoms with E-state index in [0.29, 0.717) is 0 Å². The van der Waals surface area contributed by atoms with Gasteiger partial charge in [0.05, 0.1) is 6.61 Å². The van der Waals surface area contributed by atoms with Crippen LogP contribution in [0, 0.1) is 12.8 Å². The maximum absolute atomic E-state index is 5.06. The van der Waals surface area contributed by atoms with Gasteiger partial charge in [-0.25, -0.2) is 4.98 Å². The molecule has 0 bridgehead atoms. The molecule has 1 aliphatic heterocycles. The van der Waals surface area contributed by atoms with Crippen LogP contribution < -0.4 is 5.32 Å². The monoisotopic (exact) mass is 280 g/mol. The highest BCUT2D eigenvalue weighted by atomic mass is 16.5. The molecule has 1 unspecified atom stereocenters. The number of hydrogen-bond donors (Lipinski definition) is 1.